The molecule has 2 rings (SSSR count). The quantitative estimate of drug-likeness (QED) is 0.808. The number of anilines is 1. The lowest BCUT2D eigenvalue weighted by atomic mass is 10.1. The molecule has 0 radical (unpaired) electrons. The van der Waals surface area contributed by atoms with Crippen molar-refractivity contribution in [2.24, 2.45) is 0 Å². The van der Waals surface area contributed by atoms with Gasteiger partial charge < -0.3 is 5.73 Å². The number of hydrogen-bond acceptors (Lipinski definition) is 3. The average molecular weight is 202 g/mol. The largest absolute Gasteiger partial charge is 0.382 e. The van der Waals surface area contributed by atoms with Crippen molar-refractivity contribution in [3.05, 3.63) is 29.8 Å². The summed E-state index contributed by atoms with van der Waals surface area (Å²) in [7, 11) is 0. The van der Waals surface area contributed by atoms with Crippen LogP contribution in [0.25, 0.3) is 11.3 Å². The molecule has 4 heteroatoms. The highest BCUT2D eigenvalue weighted by Crippen LogP contribution is 2.22. The lowest BCUT2D eigenvalue weighted by Crippen LogP contribution is -2.02. The van der Waals surface area contributed by atoms with Gasteiger partial charge in [0, 0.05) is 12.1 Å². The molecule has 15 heavy (non-hydrogen) atoms. The molecule has 0 bridgehead atoms. The first kappa shape index (κ1) is 9.71. The Bertz CT molecular complexity index is 456. The van der Waals surface area contributed by atoms with E-state index in [1.807, 2.05) is 31.2 Å². The Balaban J connectivity index is 2.45. The third-order valence-electron chi connectivity index (χ3n) is 2.40. The maximum atomic E-state index is 5.92. The van der Waals surface area contributed by atoms with E-state index >= 15 is 0 Å². The van der Waals surface area contributed by atoms with E-state index in [-0.39, 0.29) is 0 Å². The van der Waals surface area contributed by atoms with Gasteiger partial charge in [0.1, 0.15) is 11.5 Å². The zero-order valence-corrected chi connectivity index (χ0v) is 8.94. The first-order valence-corrected chi connectivity index (χ1v) is 4.98. The van der Waals surface area contributed by atoms with Crippen molar-refractivity contribution >= 4 is 5.82 Å². The maximum absolute atomic E-state index is 5.92. The number of rotatable bonds is 2. The number of benzene rings is 1. The molecule has 4 nitrogen and oxygen atoms in total. The average Bonchev–Trinajstić information content (AvgIpc) is 2.61. The topological polar surface area (TPSA) is 56.7 Å². The van der Waals surface area contributed by atoms with E-state index in [0.717, 1.165) is 17.8 Å². The number of nitrogens with zero attached hydrogens (tertiary/aromatic N) is 3. The van der Waals surface area contributed by atoms with Crippen LogP contribution in [0.4, 0.5) is 5.82 Å². The second kappa shape index (κ2) is 3.73. The smallest absolute Gasteiger partial charge is 0.150 e. The van der Waals surface area contributed by atoms with Crippen LogP contribution in [-0.4, -0.2) is 15.0 Å². The Labute approximate surface area is 88.7 Å². The summed E-state index contributed by atoms with van der Waals surface area (Å²) in [6.07, 6.45) is 0. The van der Waals surface area contributed by atoms with Gasteiger partial charge in [-0.2, -0.15) is 0 Å². The Morgan fingerprint density at radius 1 is 1.27 bits per heavy atom. The molecule has 0 saturated heterocycles. The molecule has 0 spiro atoms. The van der Waals surface area contributed by atoms with E-state index in [9.17, 15) is 0 Å². The molecule has 0 amide bonds. The Kier molecular flexibility index (Phi) is 2.41. The predicted molar refractivity (Wildman–Crippen MR) is 60.3 cm³/mol. The van der Waals surface area contributed by atoms with Crippen molar-refractivity contribution in [2.45, 2.75) is 20.4 Å². The van der Waals surface area contributed by atoms with Crippen LogP contribution in [-0.2, 0) is 6.54 Å². The number of nitrogens with two attached hydrogens (primary N) is 1. The molecule has 0 fully saturated rings. The van der Waals surface area contributed by atoms with E-state index in [0.29, 0.717) is 5.82 Å². The second-order valence-electron chi connectivity index (χ2n) is 3.51. The van der Waals surface area contributed by atoms with Gasteiger partial charge in [0.05, 0.1) is 0 Å². The third kappa shape index (κ3) is 1.70. The predicted octanol–water partition coefficient (Wildman–Crippen LogP) is 1.86. The minimum Gasteiger partial charge on any atom is -0.382 e. The zero-order chi connectivity index (χ0) is 10.8. The summed E-state index contributed by atoms with van der Waals surface area (Å²) in [6, 6.07) is 8.10. The minimum atomic E-state index is 0.626. The van der Waals surface area contributed by atoms with Gasteiger partial charge in [-0.25, -0.2) is 4.68 Å². The molecule has 1 heterocycles. The Hall–Kier alpha value is -1.84. The lowest BCUT2D eigenvalue weighted by Gasteiger charge is -2.00. The molecule has 0 atom stereocenters. The fraction of sp³-hybridized carbons (Fsp3) is 0.273. The van der Waals surface area contributed by atoms with Gasteiger partial charge in [-0.15, -0.1) is 5.10 Å². The fourth-order valence-corrected chi connectivity index (χ4v) is 1.47. The molecular weight excluding hydrogens is 188 g/mol. The normalized spacial score (nSPS) is 10.5. The van der Waals surface area contributed by atoms with E-state index in [4.69, 9.17) is 5.73 Å². The molecule has 0 aliphatic heterocycles. The molecule has 1 aromatic heterocycles. The van der Waals surface area contributed by atoms with Gasteiger partial charge >= 0.3 is 0 Å². The van der Waals surface area contributed by atoms with Gasteiger partial charge in [0.15, 0.2) is 0 Å². The van der Waals surface area contributed by atoms with Crippen LogP contribution < -0.4 is 5.73 Å². The van der Waals surface area contributed by atoms with Crippen LogP contribution in [0.2, 0.25) is 0 Å². The van der Waals surface area contributed by atoms with Crippen molar-refractivity contribution in [3.8, 4) is 11.3 Å². The number of nitrogen functional groups attached to an aromatic ring is 1. The van der Waals surface area contributed by atoms with E-state index < -0.39 is 0 Å². The summed E-state index contributed by atoms with van der Waals surface area (Å²) in [5.74, 6) is 0.626. The lowest BCUT2D eigenvalue weighted by molar-refractivity contribution is 0.635. The highest BCUT2D eigenvalue weighted by Gasteiger charge is 2.09. The molecule has 2 aromatic rings. The number of hydrogen-bond donors (Lipinski definition) is 1. The standard InChI is InChI=1S/C11H14N4/c1-3-15-11(12)10(13-14-15)9-6-4-8(2)5-7-9/h4-7H,3,12H2,1-2H3. The van der Waals surface area contributed by atoms with Crippen molar-refractivity contribution in [1.82, 2.24) is 15.0 Å². The highest BCUT2D eigenvalue weighted by molar-refractivity contribution is 5.69. The molecule has 0 aliphatic rings. The number of aromatic nitrogens is 3. The van der Waals surface area contributed by atoms with Crippen LogP contribution in [0, 0.1) is 6.92 Å². The van der Waals surface area contributed by atoms with E-state index in [1.54, 1.807) is 4.68 Å². The van der Waals surface area contributed by atoms with E-state index in [2.05, 4.69) is 17.2 Å². The van der Waals surface area contributed by atoms with E-state index in [1.165, 1.54) is 5.56 Å². The molecule has 1 aromatic carbocycles. The monoisotopic (exact) mass is 202 g/mol. The summed E-state index contributed by atoms with van der Waals surface area (Å²) in [4.78, 5) is 0. The molecule has 78 valence electrons. The van der Waals surface area contributed by atoms with Gasteiger partial charge in [0.25, 0.3) is 0 Å². The van der Waals surface area contributed by atoms with Crippen LogP contribution in [0.15, 0.2) is 24.3 Å². The summed E-state index contributed by atoms with van der Waals surface area (Å²) in [5.41, 5.74) is 8.92. The van der Waals surface area contributed by atoms with Crippen LogP contribution >= 0.6 is 0 Å². The summed E-state index contributed by atoms with van der Waals surface area (Å²) in [5, 5.41) is 8.05. The first-order valence-electron chi connectivity index (χ1n) is 4.98. The molecule has 0 unspecified atom stereocenters. The van der Waals surface area contributed by atoms with Crippen LogP contribution in [0.5, 0.6) is 0 Å². The SMILES string of the molecule is CCn1nnc(-c2ccc(C)cc2)c1N. The molecular formula is C11H14N4. The van der Waals surface area contributed by atoms with Gasteiger partial charge in [0.2, 0.25) is 0 Å². The van der Waals surface area contributed by atoms with Crippen molar-refractivity contribution < 1.29 is 0 Å². The van der Waals surface area contributed by atoms with Gasteiger partial charge in [-0.3, -0.25) is 0 Å². The van der Waals surface area contributed by atoms with Gasteiger partial charge in [-0.05, 0) is 13.8 Å². The Morgan fingerprint density at radius 3 is 2.47 bits per heavy atom. The maximum Gasteiger partial charge on any atom is 0.150 e. The second-order valence-corrected chi connectivity index (χ2v) is 3.51. The number of aryl methyl sites for hydroxylation is 2. The zero-order valence-electron chi connectivity index (χ0n) is 8.94. The van der Waals surface area contributed by atoms with Gasteiger partial charge in [-0.1, -0.05) is 35.0 Å². The molecule has 0 saturated carbocycles. The van der Waals surface area contributed by atoms with Crippen molar-refractivity contribution in [1.29, 1.82) is 0 Å². The molecule has 0 aliphatic carbocycles. The fourth-order valence-electron chi connectivity index (χ4n) is 1.47. The molecule has 2 N–H and O–H groups in total. The van der Waals surface area contributed by atoms with Crippen molar-refractivity contribution in [2.75, 3.05) is 5.73 Å². The van der Waals surface area contributed by atoms with Crippen LogP contribution in [0.1, 0.15) is 12.5 Å². The third-order valence-corrected chi connectivity index (χ3v) is 2.40. The Morgan fingerprint density at radius 2 is 1.93 bits per heavy atom. The highest BCUT2D eigenvalue weighted by atomic mass is 15.4. The summed E-state index contributed by atoms with van der Waals surface area (Å²) >= 11 is 0. The van der Waals surface area contributed by atoms with Crippen molar-refractivity contribution in [3.63, 3.8) is 0 Å². The summed E-state index contributed by atoms with van der Waals surface area (Å²) < 4.78 is 1.69. The van der Waals surface area contributed by atoms with Crippen LogP contribution in [0.3, 0.4) is 0 Å². The first-order chi connectivity index (χ1) is 7.22. The summed E-state index contributed by atoms with van der Waals surface area (Å²) in [6.45, 7) is 4.78. The minimum absolute atomic E-state index is 0.626.